The van der Waals surface area contributed by atoms with E-state index in [1.807, 2.05) is 24.3 Å². The van der Waals surface area contributed by atoms with Crippen molar-refractivity contribution in [2.45, 2.75) is 12.8 Å². The van der Waals surface area contributed by atoms with Crippen molar-refractivity contribution in [3.8, 4) is 0 Å². The quantitative estimate of drug-likeness (QED) is 0.830. The SMILES string of the molecule is O=C(NCCc1ccccc1F)[C@H]1CC(=O)N(c2ccc(Br)cc2)C1. The van der Waals surface area contributed by atoms with Crippen molar-refractivity contribution >= 4 is 33.4 Å². The van der Waals surface area contributed by atoms with Crippen molar-refractivity contribution < 1.29 is 14.0 Å². The van der Waals surface area contributed by atoms with Crippen LogP contribution in [-0.4, -0.2) is 24.9 Å². The molecule has 1 atom stereocenters. The Hall–Kier alpha value is -2.21. The number of carbonyl (C=O) groups is 2. The zero-order valence-corrected chi connectivity index (χ0v) is 15.1. The molecule has 0 spiro atoms. The summed E-state index contributed by atoms with van der Waals surface area (Å²) < 4.78 is 14.5. The third-order valence-corrected chi connectivity index (χ3v) is 4.81. The van der Waals surface area contributed by atoms with Crippen LogP contribution >= 0.6 is 15.9 Å². The van der Waals surface area contributed by atoms with E-state index in [1.54, 1.807) is 23.1 Å². The van der Waals surface area contributed by atoms with E-state index in [2.05, 4.69) is 21.2 Å². The molecule has 3 rings (SSSR count). The van der Waals surface area contributed by atoms with E-state index >= 15 is 0 Å². The van der Waals surface area contributed by atoms with Gasteiger partial charge in [-0.2, -0.15) is 0 Å². The summed E-state index contributed by atoms with van der Waals surface area (Å²) in [6, 6.07) is 13.9. The second-order valence-corrected chi connectivity index (χ2v) is 6.93. The summed E-state index contributed by atoms with van der Waals surface area (Å²) in [7, 11) is 0. The molecule has 6 heteroatoms. The molecule has 0 aliphatic carbocycles. The molecule has 130 valence electrons. The van der Waals surface area contributed by atoms with Crippen molar-refractivity contribution in [3.63, 3.8) is 0 Å². The van der Waals surface area contributed by atoms with Crippen LogP contribution in [0.15, 0.2) is 53.0 Å². The van der Waals surface area contributed by atoms with Gasteiger partial charge >= 0.3 is 0 Å². The lowest BCUT2D eigenvalue weighted by Crippen LogP contribution is -2.34. The normalized spacial score (nSPS) is 17.0. The number of anilines is 1. The highest BCUT2D eigenvalue weighted by atomic mass is 79.9. The van der Waals surface area contributed by atoms with Gasteiger partial charge in [-0.25, -0.2) is 4.39 Å². The van der Waals surface area contributed by atoms with Gasteiger partial charge in [0.2, 0.25) is 11.8 Å². The van der Waals surface area contributed by atoms with E-state index in [0.717, 1.165) is 10.2 Å². The number of hydrogen-bond donors (Lipinski definition) is 1. The van der Waals surface area contributed by atoms with Gasteiger partial charge in [-0.1, -0.05) is 34.1 Å². The standard InChI is InChI=1S/C19H18BrFN2O2/c20-15-5-7-16(8-6-15)23-12-14(11-18(23)24)19(25)22-10-9-13-3-1-2-4-17(13)21/h1-8,14H,9-12H2,(H,22,25)/t14-/m0/s1. The molecule has 0 radical (unpaired) electrons. The second kappa shape index (κ2) is 7.78. The molecule has 0 bridgehead atoms. The van der Waals surface area contributed by atoms with Gasteiger partial charge in [0.25, 0.3) is 0 Å². The third kappa shape index (κ3) is 4.25. The summed E-state index contributed by atoms with van der Waals surface area (Å²) in [6.07, 6.45) is 0.622. The minimum atomic E-state index is -0.378. The lowest BCUT2D eigenvalue weighted by molar-refractivity contribution is -0.126. The van der Waals surface area contributed by atoms with Crippen molar-refractivity contribution in [3.05, 3.63) is 64.4 Å². The molecule has 4 nitrogen and oxygen atoms in total. The van der Waals surface area contributed by atoms with Gasteiger partial charge in [0.05, 0.1) is 5.92 Å². The molecule has 1 aliphatic rings. The molecule has 2 amide bonds. The molecule has 1 fully saturated rings. The Morgan fingerprint density at radius 2 is 1.92 bits per heavy atom. The number of nitrogens with one attached hydrogen (secondary N) is 1. The maximum atomic E-state index is 13.6. The molecule has 0 saturated carbocycles. The molecule has 1 N–H and O–H groups in total. The first-order chi connectivity index (χ1) is 12.0. The van der Waals surface area contributed by atoms with Crippen LogP contribution in [0.25, 0.3) is 0 Å². The molecule has 25 heavy (non-hydrogen) atoms. The van der Waals surface area contributed by atoms with Gasteiger partial charge in [0.15, 0.2) is 0 Å². The summed E-state index contributed by atoms with van der Waals surface area (Å²) in [5, 5.41) is 2.81. The van der Waals surface area contributed by atoms with Crippen LogP contribution in [-0.2, 0) is 16.0 Å². The average molecular weight is 405 g/mol. The monoisotopic (exact) mass is 404 g/mol. The van der Waals surface area contributed by atoms with Gasteiger partial charge in [-0.3, -0.25) is 9.59 Å². The smallest absolute Gasteiger partial charge is 0.227 e. The summed E-state index contributed by atoms with van der Waals surface area (Å²) in [5.41, 5.74) is 1.36. The van der Waals surface area contributed by atoms with Gasteiger partial charge < -0.3 is 10.2 Å². The van der Waals surface area contributed by atoms with Gasteiger partial charge in [0.1, 0.15) is 5.82 Å². The van der Waals surface area contributed by atoms with E-state index in [0.29, 0.717) is 25.1 Å². The highest BCUT2D eigenvalue weighted by molar-refractivity contribution is 9.10. The van der Waals surface area contributed by atoms with Crippen LogP contribution in [0.3, 0.4) is 0 Å². The lowest BCUT2D eigenvalue weighted by Gasteiger charge is -2.16. The van der Waals surface area contributed by atoms with Crippen molar-refractivity contribution in [2.24, 2.45) is 5.92 Å². The number of nitrogens with zero attached hydrogens (tertiary/aromatic N) is 1. The maximum Gasteiger partial charge on any atom is 0.227 e. The fourth-order valence-corrected chi connectivity index (χ4v) is 3.18. The minimum absolute atomic E-state index is 0.0587. The Labute approximate surface area is 154 Å². The first kappa shape index (κ1) is 17.6. The number of halogens is 2. The zero-order valence-electron chi connectivity index (χ0n) is 13.5. The Kier molecular flexibility index (Phi) is 5.48. The maximum absolute atomic E-state index is 13.6. The van der Waals surface area contributed by atoms with E-state index in [9.17, 15) is 14.0 Å². The van der Waals surface area contributed by atoms with Crippen LogP contribution < -0.4 is 10.2 Å². The summed E-state index contributed by atoms with van der Waals surface area (Å²) in [4.78, 5) is 26.1. The highest BCUT2D eigenvalue weighted by Crippen LogP contribution is 2.26. The van der Waals surface area contributed by atoms with E-state index in [4.69, 9.17) is 0 Å². The van der Waals surface area contributed by atoms with Gasteiger partial charge in [0, 0.05) is 29.7 Å². The molecule has 0 unspecified atom stereocenters. The Morgan fingerprint density at radius 3 is 2.64 bits per heavy atom. The lowest BCUT2D eigenvalue weighted by atomic mass is 10.1. The van der Waals surface area contributed by atoms with Crippen LogP contribution in [0.1, 0.15) is 12.0 Å². The third-order valence-electron chi connectivity index (χ3n) is 4.29. The van der Waals surface area contributed by atoms with E-state index in [-0.39, 0.29) is 30.0 Å². The minimum Gasteiger partial charge on any atom is -0.355 e. The first-order valence-electron chi connectivity index (χ1n) is 8.11. The molecule has 2 aromatic carbocycles. The highest BCUT2D eigenvalue weighted by Gasteiger charge is 2.34. The molecule has 0 aromatic heterocycles. The predicted octanol–water partition coefficient (Wildman–Crippen LogP) is 3.30. The molecule has 1 saturated heterocycles. The van der Waals surface area contributed by atoms with E-state index < -0.39 is 0 Å². The largest absolute Gasteiger partial charge is 0.355 e. The van der Waals surface area contributed by atoms with E-state index in [1.165, 1.54) is 6.07 Å². The fourth-order valence-electron chi connectivity index (χ4n) is 2.92. The van der Waals surface area contributed by atoms with Crippen LogP contribution in [0.5, 0.6) is 0 Å². The molecule has 2 aromatic rings. The molecular formula is C19H18BrFN2O2. The Balaban J connectivity index is 1.54. The van der Waals surface area contributed by atoms with Crippen molar-refractivity contribution in [1.29, 1.82) is 0 Å². The average Bonchev–Trinajstić information content (AvgIpc) is 2.99. The van der Waals surface area contributed by atoms with Gasteiger partial charge in [-0.15, -0.1) is 0 Å². The number of hydrogen-bond acceptors (Lipinski definition) is 2. The summed E-state index contributed by atoms with van der Waals surface area (Å²) >= 11 is 3.36. The van der Waals surface area contributed by atoms with Crippen LogP contribution in [0.2, 0.25) is 0 Å². The van der Waals surface area contributed by atoms with Crippen molar-refractivity contribution in [1.82, 2.24) is 5.32 Å². The molecule has 1 heterocycles. The summed E-state index contributed by atoms with van der Waals surface area (Å²) in [5.74, 6) is -0.869. The Bertz CT molecular complexity index is 779. The number of rotatable bonds is 5. The van der Waals surface area contributed by atoms with Crippen LogP contribution in [0, 0.1) is 11.7 Å². The number of amides is 2. The van der Waals surface area contributed by atoms with Crippen molar-refractivity contribution in [2.75, 3.05) is 18.0 Å². The number of benzene rings is 2. The molecular weight excluding hydrogens is 387 g/mol. The predicted molar refractivity (Wildman–Crippen MR) is 97.7 cm³/mol. The zero-order chi connectivity index (χ0) is 17.8. The topological polar surface area (TPSA) is 49.4 Å². The van der Waals surface area contributed by atoms with Crippen LogP contribution in [0.4, 0.5) is 10.1 Å². The molecule has 1 aliphatic heterocycles. The first-order valence-corrected chi connectivity index (χ1v) is 8.91. The summed E-state index contributed by atoms with van der Waals surface area (Å²) in [6.45, 7) is 0.717. The Morgan fingerprint density at radius 1 is 1.20 bits per heavy atom. The number of carbonyl (C=O) groups excluding carboxylic acids is 2. The second-order valence-electron chi connectivity index (χ2n) is 6.01. The van der Waals surface area contributed by atoms with Gasteiger partial charge in [-0.05, 0) is 42.3 Å². The fraction of sp³-hybridized carbons (Fsp3) is 0.263.